The number of rotatable bonds is 6. The highest BCUT2D eigenvalue weighted by Crippen LogP contribution is 2.41. The Morgan fingerprint density at radius 1 is 0.806 bits per heavy atom. The van der Waals surface area contributed by atoms with Crippen LogP contribution in [0.25, 0.3) is 38.8 Å². The second-order valence-electron chi connectivity index (χ2n) is 8.32. The number of hydrogen-bond acceptors (Lipinski definition) is 7. The number of aryl methyl sites for hydroxylation is 1. The minimum Gasteiger partial charge on any atom is -0.493 e. The third-order valence-corrected chi connectivity index (χ3v) is 6.35. The predicted molar refractivity (Wildman–Crippen MR) is 140 cm³/mol. The fourth-order valence-electron chi connectivity index (χ4n) is 4.65. The predicted octanol–water partition coefficient (Wildman–Crippen LogP) is 5.21. The second-order valence-corrected chi connectivity index (χ2v) is 8.32. The van der Waals surface area contributed by atoms with E-state index in [4.69, 9.17) is 19.3 Å². The van der Waals surface area contributed by atoms with E-state index >= 15 is 0 Å². The number of methoxy groups -OCH3 is 3. The molecule has 0 aliphatic rings. The Bertz CT molecular complexity index is 1730. The van der Waals surface area contributed by atoms with Crippen molar-refractivity contribution in [1.82, 2.24) is 24.1 Å². The lowest BCUT2D eigenvalue weighted by Crippen LogP contribution is -2.00. The van der Waals surface area contributed by atoms with E-state index < -0.39 is 0 Å². The summed E-state index contributed by atoms with van der Waals surface area (Å²) in [4.78, 5) is 9.23. The number of fused-ring (bicyclic) bond motifs is 4. The van der Waals surface area contributed by atoms with E-state index in [1.54, 1.807) is 32.0 Å². The molecule has 0 spiro atoms. The van der Waals surface area contributed by atoms with Crippen LogP contribution < -0.4 is 19.5 Å². The van der Waals surface area contributed by atoms with Crippen molar-refractivity contribution in [3.63, 3.8) is 0 Å². The Morgan fingerprint density at radius 3 is 2.31 bits per heavy atom. The molecule has 9 heteroatoms. The van der Waals surface area contributed by atoms with Gasteiger partial charge in [-0.1, -0.05) is 18.2 Å². The van der Waals surface area contributed by atoms with Crippen LogP contribution >= 0.6 is 0 Å². The summed E-state index contributed by atoms with van der Waals surface area (Å²) in [6.07, 6.45) is 1.70. The van der Waals surface area contributed by atoms with E-state index in [0.29, 0.717) is 34.7 Å². The first-order valence-electron chi connectivity index (χ1n) is 11.4. The maximum atomic E-state index is 5.51. The van der Waals surface area contributed by atoms with Crippen molar-refractivity contribution in [1.29, 1.82) is 0 Å². The van der Waals surface area contributed by atoms with E-state index in [-0.39, 0.29) is 0 Å². The van der Waals surface area contributed by atoms with E-state index in [2.05, 4.69) is 63.3 Å². The largest absolute Gasteiger partial charge is 0.493 e. The average Bonchev–Trinajstić information content (AvgIpc) is 3.46. The van der Waals surface area contributed by atoms with Crippen LogP contribution in [0.3, 0.4) is 0 Å². The van der Waals surface area contributed by atoms with Crippen molar-refractivity contribution in [2.45, 2.75) is 0 Å². The maximum Gasteiger partial charge on any atom is 0.247 e. The zero-order chi connectivity index (χ0) is 24.8. The molecule has 3 aromatic carbocycles. The van der Waals surface area contributed by atoms with Crippen molar-refractivity contribution >= 4 is 39.1 Å². The Balaban J connectivity index is 1.42. The minimum atomic E-state index is 0.469. The van der Waals surface area contributed by atoms with Gasteiger partial charge in [0.25, 0.3) is 0 Å². The molecule has 3 aromatic heterocycles. The molecular weight excluding hydrogens is 456 g/mol. The molecule has 0 bridgehead atoms. The third-order valence-electron chi connectivity index (χ3n) is 6.35. The van der Waals surface area contributed by atoms with Crippen LogP contribution in [0.4, 0.5) is 11.6 Å². The average molecular weight is 481 g/mol. The quantitative estimate of drug-likeness (QED) is 0.350. The molecule has 6 rings (SSSR count). The lowest BCUT2D eigenvalue weighted by molar-refractivity contribution is 0.324. The van der Waals surface area contributed by atoms with Crippen LogP contribution in [0, 0.1) is 0 Å². The summed E-state index contributed by atoms with van der Waals surface area (Å²) in [7, 11) is 6.82. The van der Waals surface area contributed by atoms with Crippen LogP contribution in [0.1, 0.15) is 0 Å². The molecule has 36 heavy (non-hydrogen) atoms. The summed E-state index contributed by atoms with van der Waals surface area (Å²) >= 11 is 0. The second kappa shape index (κ2) is 8.46. The number of benzene rings is 3. The zero-order valence-electron chi connectivity index (χ0n) is 20.3. The Hall–Kier alpha value is -4.79. The van der Waals surface area contributed by atoms with Gasteiger partial charge in [0.1, 0.15) is 0 Å². The molecule has 0 atom stereocenters. The first-order valence-corrected chi connectivity index (χ1v) is 11.4. The highest BCUT2D eigenvalue weighted by Gasteiger charge is 2.18. The van der Waals surface area contributed by atoms with Gasteiger partial charge in [0.2, 0.25) is 11.7 Å². The Kier molecular flexibility index (Phi) is 5.10. The van der Waals surface area contributed by atoms with Crippen molar-refractivity contribution < 1.29 is 14.2 Å². The van der Waals surface area contributed by atoms with Crippen molar-refractivity contribution in [3.05, 3.63) is 66.9 Å². The molecule has 0 saturated carbocycles. The van der Waals surface area contributed by atoms with Gasteiger partial charge in [0, 0.05) is 52.4 Å². The van der Waals surface area contributed by atoms with Gasteiger partial charge >= 0.3 is 0 Å². The molecule has 0 amide bonds. The topological polar surface area (TPSA) is 87.7 Å². The first kappa shape index (κ1) is 21.7. The van der Waals surface area contributed by atoms with Crippen molar-refractivity contribution in [3.8, 4) is 28.6 Å². The summed E-state index contributed by atoms with van der Waals surface area (Å²) < 4.78 is 20.4. The number of nitrogens with one attached hydrogen (secondary N) is 1. The number of hydrogen-bond donors (Lipinski definition) is 1. The number of nitrogens with zero attached hydrogens (tertiary/aromatic N) is 5. The van der Waals surface area contributed by atoms with Gasteiger partial charge in [-0.15, -0.1) is 5.10 Å². The normalized spacial score (nSPS) is 11.3. The van der Waals surface area contributed by atoms with Crippen LogP contribution in [0.15, 0.2) is 66.9 Å². The number of para-hydroxylation sites is 1. The molecule has 0 aliphatic heterocycles. The van der Waals surface area contributed by atoms with E-state index in [0.717, 1.165) is 11.3 Å². The Labute approximate surface area is 206 Å². The molecule has 6 aromatic rings. The molecule has 0 radical (unpaired) electrons. The number of anilines is 2. The summed E-state index contributed by atoms with van der Waals surface area (Å²) in [5.41, 5.74) is 4.67. The maximum absolute atomic E-state index is 5.51. The highest BCUT2D eigenvalue weighted by molar-refractivity contribution is 6.09. The van der Waals surface area contributed by atoms with Crippen LogP contribution in [-0.4, -0.2) is 45.5 Å². The van der Waals surface area contributed by atoms with Crippen LogP contribution in [-0.2, 0) is 7.05 Å². The van der Waals surface area contributed by atoms with Gasteiger partial charge in [0.05, 0.1) is 21.3 Å². The minimum absolute atomic E-state index is 0.469. The molecule has 3 heterocycles. The fourth-order valence-corrected chi connectivity index (χ4v) is 4.65. The molecule has 9 nitrogen and oxygen atoms in total. The highest BCUT2D eigenvalue weighted by atomic mass is 16.5. The molecule has 180 valence electrons. The van der Waals surface area contributed by atoms with Gasteiger partial charge in [0.15, 0.2) is 23.0 Å². The first-order chi connectivity index (χ1) is 17.6. The third kappa shape index (κ3) is 3.36. The van der Waals surface area contributed by atoms with Crippen LogP contribution in [0.2, 0.25) is 0 Å². The summed E-state index contributed by atoms with van der Waals surface area (Å²) in [5, 5.41) is 10.4. The van der Waals surface area contributed by atoms with E-state index in [1.165, 1.54) is 21.8 Å². The van der Waals surface area contributed by atoms with Crippen molar-refractivity contribution in [2.75, 3.05) is 26.6 Å². The fraction of sp³-hybridized carbons (Fsp3) is 0.148. The lowest BCUT2D eigenvalue weighted by atomic mass is 10.1. The molecule has 0 fully saturated rings. The zero-order valence-corrected chi connectivity index (χ0v) is 20.3. The van der Waals surface area contributed by atoms with Gasteiger partial charge in [-0.05, 0) is 36.4 Å². The molecular formula is C27H24N6O3. The van der Waals surface area contributed by atoms with Gasteiger partial charge in [-0.3, -0.25) is 0 Å². The summed E-state index contributed by atoms with van der Waals surface area (Å²) in [6, 6.07) is 20.1. The van der Waals surface area contributed by atoms with Gasteiger partial charge in [-0.25, -0.2) is 4.98 Å². The summed E-state index contributed by atoms with van der Waals surface area (Å²) in [5.74, 6) is 2.65. The van der Waals surface area contributed by atoms with E-state index in [1.807, 2.05) is 24.3 Å². The van der Waals surface area contributed by atoms with Gasteiger partial charge < -0.3 is 24.1 Å². The Morgan fingerprint density at radius 2 is 1.56 bits per heavy atom. The van der Waals surface area contributed by atoms with E-state index in [9.17, 15) is 0 Å². The SMILES string of the molecule is COc1cc(-c2nccc3nc(Nc4ccc5c(c4)c4ccccc4n5C)nn23)cc(OC)c1OC. The number of ether oxygens (including phenoxy) is 3. The monoisotopic (exact) mass is 480 g/mol. The van der Waals surface area contributed by atoms with Crippen LogP contribution in [0.5, 0.6) is 17.2 Å². The molecule has 0 unspecified atom stereocenters. The molecule has 0 saturated heterocycles. The van der Waals surface area contributed by atoms with Gasteiger partial charge in [-0.2, -0.15) is 9.50 Å². The number of aromatic nitrogens is 5. The smallest absolute Gasteiger partial charge is 0.247 e. The van der Waals surface area contributed by atoms with Crippen molar-refractivity contribution in [2.24, 2.45) is 7.05 Å². The standard InChI is InChI=1S/C27H24N6O3/c1-32-20-8-6-5-7-18(20)19-15-17(9-10-21(19)32)29-27-30-24-11-12-28-26(33(24)31-27)16-13-22(34-2)25(36-4)23(14-16)35-3/h5-15H,1-4H3,(H,29,31). The lowest BCUT2D eigenvalue weighted by Gasteiger charge is -2.14. The molecule has 1 N–H and O–H groups in total. The molecule has 0 aliphatic carbocycles. The summed E-state index contributed by atoms with van der Waals surface area (Å²) in [6.45, 7) is 0.